The van der Waals surface area contributed by atoms with Crippen molar-refractivity contribution >= 4 is 36.4 Å². The van der Waals surface area contributed by atoms with Crippen LogP contribution in [-0.4, -0.2) is 71.4 Å². The van der Waals surface area contributed by atoms with Crippen LogP contribution in [0, 0.1) is 5.92 Å². The molecule has 3 amide bonds. The predicted octanol–water partition coefficient (Wildman–Crippen LogP) is 5.25. The lowest BCUT2D eigenvalue weighted by Gasteiger charge is -2.45. The van der Waals surface area contributed by atoms with Gasteiger partial charge in [0.2, 0.25) is 17.7 Å². The highest BCUT2D eigenvalue weighted by Crippen LogP contribution is 2.36. The molecule has 0 spiro atoms. The van der Waals surface area contributed by atoms with Crippen LogP contribution >= 0.6 is 12.6 Å². The normalized spacial score (nSPS) is 20.2. The molecular weight excluding hydrogens is 574 g/mol. The molecule has 9 heteroatoms. The molecule has 1 heterocycles. The second-order valence-corrected chi connectivity index (χ2v) is 13.4. The third-order valence-electron chi connectivity index (χ3n) is 8.36. The summed E-state index contributed by atoms with van der Waals surface area (Å²) in [4.78, 5) is 39.8. The number of ether oxygens (including phenoxy) is 2. The van der Waals surface area contributed by atoms with E-state index < -0.39 is 16.7 Å². The molecule has 2 atom stereocenters. The monoisotopic (exact) mass is 625 g/mol. The molecule has 3 rings (SSSR count). The van der Waals surface area contributed by atoms with Gasteiger partial charge in [0.05, 0.1) is 30.0 Å². The highest BCUT2D eigenvalue weighted by atomic mass is 32.1. The molecule has 0 bridgehead atoms. The van der Waals surface area contributed by atoms with Crippen LogP contribution in [0.5, 0.6) is 0 Å². The van der Waals surface area contributed by atoms with Crippen LogP contribution in [0.4, 0.5) is 0 Å². The van der Waals surface area contributed by atoms with Crippen molar-refractivity contribution in [3.05, 3.63) is 65.8 Å². The standard InChI is InChI=1S/C35H51N3O5S/c1-33(2,42-23-20-34(3,4)43-24-22-37-31(40)17-25-44)19-15-30(39)36-21-16-32(41)38-26-28-11-7-6-10-27(28)13-14-29-12-8-9-18-35(29,38)5/h6-14,18,29,44H,15-17,19-26H2,1-5H3,(H,36,39)(H,37,40)/b14-13-. The Morgan fingerprint density at radius 1 is 0.909 bits per heavy atom. The summed E-state index contributed by atoms with van der Waals surface area (Å²) in [6, 6.07) is 8.17. The number of thiol groups is 1. The minimum atomic E-state index is -0.486. The van der Waals surface area contributed by atoms with Crippen molar-refractivity contribution in [3.63, 3.8) is 0 Å². The van der Waals surface area contributed by atoms with E-state index in [2.05, 4.69) is 66.6 Å². The Hall–Kier alpha value is -2.88. The number of nitrogens with zero attached hydrogens (tertiary/aromatic N) is 1. The fourth-order valence-corrected chi connectivity index (χ4v) is 5.59. The van der Waals surface area contributed by atoms with Crippen molar-refractivity contribution < 1.29 is 23.9 Å². The number of carbonyl (C=O) groups is 3. The number of allylic oxidation sites excluding steroid dienone is 2. The fraction of sp³-hybridized carbons (Fsp3) is 0.571. The number of benzene rings is 1. The third kappa shape index (κ3) is 10.9. The maximum atomic E-state index is 13.6. The van der Waals surface area contributed by atoms with Crippen LogP contribution in [0.3, 0.4) is 0 Å². The lowest BCUT2D eigenvalue weighted by molar-refractivity contribution is -0.137. The summed E-state index contributed by atoms with van der Waals surface area (Å²) in [5.74, 6) is 0.477. The predicted molar refractivity (Wildman–Crippen MR) is 179 cm³/mol. The Morgan fingerprint density at radius 2 is 1.59 bits per heavy atom. The number of rotatable bonds is 16. The van der Waals surface area contributed by atoms with Gasteiger partial charge in [-0.15, -0.1) is 0 Å². The van der Waals surface area contributed by atoms with E-state index >= 15 is 0 Å². The van der Waals surface area contributed by atoms with Crippen LogP contribution in [-0.2, 0) is 30.4 Å². The molecule has 0 saturated heterocycles. The minimum absolute atomic E-state index is 0.0105. The number of hydrogen-bond donors (Lipinski definition) is 3. The molecule has 1 aliphatic heterocycles. The van der Waals surface area contributed by atoms with Crippen LogP contribution in [0.2, 0.25) is 0 Å². The van der Waals surface area contributed by atoms with Crippen molar-refractivity contribution in [2.75, 3.05) is 32.1 Å². The van der Waals surface area contributed by atoms with Gasteiger partial charge in [-0.2, -0.15) is 12.6 Å². The first kappa shape index (κ1) is 35.6. The topological polar surface area (TPSA) is 97.0 Å². The van der Waals surface area contributed by atoms with Crippen molar-refractivity contribution in [2.24, 2.45) is 5.92 Å². The Bertz CT molecular complexity index is 1220. The summed E-state index contributed by atoms with van der Waals surface area (Å²) in [7, 11) is 0. The van der Waals surface area contributed by atoms with E-state index in [4.69, 9.17) is 9.47 Å². The number of fused-ring (bicyclic) bond motifs is 2. The van der Waals surface area contributed by atoms with E-state index in [9.17, 15) is 14.4 Å². The average molecular weight is 626 g/mol. The van der Waals surface area contributed by atoms with Crippen molar-refractivity contribution in [2.45, 2.75) is 90.0 Å². The lowest BCUT2D eigenvalue weighted by atomic mass is 9.78. The van der Waals surface area contributed by atoms with Gasteiger partial charge in [-0.25, -0.2) is 0 Å². The Labute approximate surface area is 269 Å². The van der Waals surface area contributed by atoms with E-state index in [0.29, 0.717) is 57.7 Å². The molecule has 1 aromatic rings. The Balaban J connectivity index is 1.41. The molecule has 2 unspecified atom stereocenters. The summed E-state index contributed by atoms with van der Waals surface area (Å²) < 4.78 is 12.0. The van der Waals surface area contributed by atoms with E-state index in [1.807, 2.05) is 56.9 Å². The average Bonchev–Trinajstić information content (AvgIpc) is 2.96. The number of amides is 3. The summed E-state index contributed by atoms with van der Waals surface area (Å²) in [6.45, 7) is 12.2. The van der Waals surface area contributed by atoms with Crippen molar-refractivity contribution in [3.8, 4) is 0 Å². The van der Waals surface area contributed by atoms with E-state index in [-0.39, 0.29) is 36.6 Å². The van der Waals surface area contributed by atoms with Gasteiger partial charge in [0, 0.05) is 44.8 Å². The summed E-state index contributed by atoms with van der Waals surface area (Å²) in [5, 5.41) is 5.75. The molecular formula is C35H51N3O5S. The molecule has 0 radical (unpaired) electrons. The van der Waals surface area contributed by atoms with Gasteiger partial charge in [-0.05, 0) is 64.3 Å². The molecule has 1 aromatic carbocycles. The van der Waals surface area contributed by atoms with Crippen LogP contribution in [0.15, 0.2) is 54.6 Å². The first-order valence-corrected chi connectivity index (χ1v) is 16.3. The molecule has 2 N–H and O–H groups in total. The molecule has 44 heavy (non-hydrogen) atoms. The first-order valence-electron chi connectivity index (χ1n) is 15.7. The second-order valence-electron chi connectivity index (χ2n) is 12.9. The summed E-state index contributed by atoms with van der Waals surface area (Å²) in [6.07, 6.45) is 14.8. The van der Waals surface area contributed by atoms with Gasteiger partial charge >= 0.3 is 0 Å². The van der Waals surface area contributed by atoms with Gasteiger partial charge in [0.1, 0.15) is 0 Å². The lowest BCUT2D eigenvalue weighted by Crippen LogP contribution is -2.53. The van der Waals surface area contributed by atoms with Gasteiger partial charge in [0.15, 0.2) is 0 Å². The zero-order valence-electron chi connectivity index (χ0n) is 27.1. The van der Waals surface area contributed by atoms with Gasteiger partial charge in [0.25, 0.3) is 0 Å². The van der Waals surface area contributed by atoms with Gasteiger partial charge < -0.3 is 25.0 Å². The molecule has 0 aromatic heterocycles. The largest absolute Gasteiger partial charge is 0.375 e. The van der Waals surface area contributed by atoms with Crippen molar-refractivity contribution in [1.29, 1.82) is 0 Å². The van der Waals surface area contributed by atoms with Crippen LogP contribution in [0.1, 0.15) is 77.8 Å². The molecule has 242 valence electrons. The minimum Gasteiger partial charge on any atom is -0.375 e. The van der Waals surface area contributed by atoms with E-state index in [1.165, 1.54) is 0 Å². The quantitative estimate of drug-likeness (QED) is 0.172. The second kappa shape index (κ2) is 16.4. The van der Waals surface area contributed by atoms with Gasteiger partial charge in [-0.3, -0.25) is 14.4 Å². The van der Waals surface area contributed by atoms with E-state index in [0.717, 1.165) is 11.1 Å². The maximum absolute atomic E-state index is 13.6. The Kier molecular flexibility index (Phi) is 13.3. The molecule has 0 saturated carbocycles. The van der Waals surface area contributed by atoms with E-state index in [1.54, 1.807) is 0 Å². The number of carbonyl (C=O) groups excluding carboxylic acids is 3. The maximum Gasteiger partial charge on any atom is 0.225 e. The highest BCUT2D eigenvalue weighted by molar-refractivity contribution is 7.80. The molecule has 1 aliphatic carbocycles. The summed E-state index contributed by atoms with van der Waals surface area (Å²) >= 11 is 4.06. The molecule has 8 nitrogen and oxygen atoms in total. The zero-order valence-corrected chi connectivity index (χ0v) is 28.0. The molecule has 0 fully saturated rings. The zero-order chi connectivity index (χ0) is 32.2. The third-order valence-corrected chi connectivity index (χ3v) is 8.58. The highest BCUT2D eigenvalue weighted by Gasteiger charge is 2.39. The number of nitrogens with one attached hydrogen (secondary N) is 2. The van der Waals surface area contributed by atoms with Gasteiger partial charge in [-0.1, -0.05) is 60.7 Å². The smallest absolute Gasteiger partial charge is 0.225 e. The Morgan fingerprint density at radius 3 is 2.36 bits per heavy atom. The fourth-order valence-electron chi connectivity index (χ4n) is 5.39. The van der Waals surface area contributed by atoms with Crippen LogP contribution < -0.4 is 10.6 Å². The number of hydrogen-bond acceptors (Lipinski definition) is 6. The van der Waals surface area contributed by atoms with Crippen LogP contribution in [0.25, 0.3) is 6.08 Å². The van der Waals surface area contributed by atoms with Crippen molar-refractivity contribution in [1.82, 2.24) is 15.5 Å². The SMILES string of the molecule is CC(C)(CCOC(C)(C)CCC(=O)NCCC(=O)N1Cc2ccccc2/C=C\C2C=CC=CC21C)OCCNC(=O)CCS. The molecule has 2 aliphatic rings. The summed E-state index contributed by atoms with van der Waals surface area (Å²) in [5.41, 5.74) is 0.854. The first-order chi connectivity index (χ1) is 20.8.